The molecule has 5 nitrogen and oxygen atoms in total. The minimum Gasteiger partial charge on any atom is -0.481 e. The lowest BCUT2D eigenvalue weighted by atomic mass is 9.96. The summed E-state index contributed by atoms with van der Waals surface area (Å²) < 4.78 is 0. The first-order valence-electron chi connectivity index (χ1n) is 6.47. The second kappa shape index (κ2) is 4.26. The third-order valence-corrected chi connectivity index (χ3v) is 3.98. The first-order chi connectivity index (χ1) is 9.12. The molecule has 0 bridgehead atoms. The Morgan fingerprint density at radius 1 is 1.26 bits per heavy atom. The molecule has 1 amide bonds. The molecule has 1 heterocycles. The number of hydrogen-bond donors (Lipinski definition) is 2. The topological polar surface area (TPSA) is 69.6 Å². The van der Waals surface area contributed by atoms with Crippen LogP contribution in [0.15, 0.2) is 24.3 Å². The second-order valence-corrected chi connectivity index (χ2v) is 5.21. The third-order valence-electron chi connectivity index (χ3n) is 3.98. The molecule has 19 heavy (non-hydrogen) atoms. The lowest BCUT2D eigenvalue weighted by Crippen LogP contribution is -2.47. The summed E-state index contributed by atoms with van der Waals surface area (Å²) in [5.41, 5.74) is 1.18. The fraction of sp³-hybridized carbons (Fsp3) is 0.429. The van der Waals surface area contributed by atoms with Crippen molar-refractivity contribution in [3.8, 4) is 0 Å². The molecule has 1 aliphatic carbocycles. The molecule has 2 fully saturated rings. The molecule has 5 heteroatoms. The number of carboxylic acids is 1. The van der Waals surface area contributed by atoms with Crippen molar-refractivity contribution in [3.63, 3.8) is 0 Å². The number of nitrogens with one attached hydrogen (secondary N) is 1. The minimum atomic E-state index is -0.738. The van der Waals surface area contributed by atoms with Crippen molar-refractivity contribution >= 4 is 17.6 Å². The Hall–Kier alpha value is -2.04. The number of hydrogen-bond acceptors (Lipinski definition) is 3. The van der Waals surface area contributed by atoms with E-state index in [4.69, 9.17) is 0 Å². The van der Waals surface area contributed by atoms with Gasteiger partial charge in [0.25, 0.3) is 0 Å². The van der Waals surface area contributed by atoms with E-state index >= 15 is 0 Å². The summed E-state index contributed by atoms with van der Waals surface area (Å²) in [5, 5.41) is 12.0. The Balaban J connectivity index is 1.79. The fourth-order valence-electron chi connectivity index (χ4n) is 2.60. The van der Waals surface area contributed by atoms with Crippen LogP contribution in [0.4, 0.5) is 5.69 Å². The summed E-state index contributed by atoms with van der Waals surface area (Å²) in [5.74, 6) is -0.711. The molecule has 2 N–H and O–H groups in total. The average molecular weight is 260 g/mol. The lowest BCUT2D eigenvalue weighted by molar-refractivity contribution is -0.140. The third kappa shape index (κ3) is 2.05. The molecular weight excluding hydrogens is 244 g/mol. The van der Waals surface area contributed by atoms with Crippen LogP contribution in [0.3, 0.4) is 0 Å². The molecule has 1 saturated heterocycles. The van der Waals surface area contributed by atoms with Crippen LogP contribution in [-0.4, -0.2) is 36.6 Å². The van der Waals surface area contributed by atoms with E-state index in [2.05, 4.69) is 5.32 Å². The lowest BCUT2D eigenvalue weighted by Gasteiger charge is -2.28. The van der Waals surface area contributed by atoms with Crippen LogP contribution < -0.4 is 10.2 Å². The Bertz CT molecular complexity index is 520. The highest BCUT2D eigenvalue weighted by Gasteiger charge is 2.51. The van der Waals surface area contributed by atoms with Crippen LogP contribution >= 0.6 is 0 Å². The van der Waals surface area contributed by atoms with Crippen molar-refractivity contribution in [2.45, 2.75) is 18.3 Å². The molecule has 1 aromatic rings. The Morgan fingerprint density at radius 2 is 1.95 bits per heavy atom. The number of carbonyl (C=O) groups is 2. The van der Waals surface area contributed by atoms with Crippen molar-refractivity contribution in [2.24, 2.45) is 0 Å². The summed E-state index contributed by atoms with van der Waals surface area (Å²) in [7, 11) is 0. The van der Waals surface area contributed by atoms with Crippen LogP contribution in [-0.2, 0) is 15.0 Å². The van der Waals surface area contributed by atoms with E-state index in [0.29, 0.717) is 25.9 Å². The van der Waals surface area contributed by atoms with Gasteiger partial charge in [0.05, 0.1) is 12.0 Å². The van der Waals surface area contributed by atoms with Gasteiger partial charge in [0.1, 0.15) is 0 Å². The molecule has 1 aromatic carbocycles. The molecule has 0 radical (unpaired) electrons. The van der Waals surface area contributed by atoms with Crippen LogP contribution in [0.25, 0.3) is 0 Å². The zero-order valence-electron chi connectivity index (χ0n) is 10.6. The van der Waals surface area contributed by atoms with Gasteiger partial charge < -0.3 is 15.3 Å². The number of carboxylic acid groups (broad SMARTS) is 1. The van der Waals surface area contributed by atoms with Gasteiger partial charge in [0.15, 0.2) is 0 Å². The molecule has 0 spiro atoms. The first kappa shape index (κ1) is 12.0. The maximum atomic E-state index is 11.3. The average Bonchev–Trinajstić information content (AvgIpc) is 3.20. The molecular formula is C14H16N2O3. The van der Waals surface area contributed by atoms with Crippen LogP contribution in [0.5, 0.6) is 0 Å². The molecule has 1 aliphatic heterocycles. The van der Waals surface area contributed by atoms with Gasteiger partial charge in [-0.05, 0) is 30.5 Å². The van der Waals surface area contributed by atoms with E-state index in [0.717, 1.165) is 17.8 Å². The summed E-state index contributed by atoms with van der Waals surface area (Å²) in [6, 6.07) is 7.58. The van der Waals surface area contributed by atoms with Crippen molar-refractivity contribution in [1.82, 2.24) is 5.32 Å². The van der Waals surface area contributed by atoms with E-state index in [1.807, 2.05) is 29.2 Å². The summed E-state index contributed by atoms with van der Waals surface area (Å²) in [6.07, 6.45) is 1.43. The van der Waals surface area contributed by atoms with Gasteiger partial charge in [-0.3, -0.25) is 9.59 Å². The molecule has 0 unspecified atom stereocenters. The number of carbonyl (C=O) groups excluding carboxylic acids is 1. The number of rotatable bonds is 3. The van der Waals surface area contributed by atoms with Gasteiger partial charge in [-0.1, -0.05) is 12.1 Å². The Morgan fingerprint density at radius 3 is 2.47 bits per heavy atom. The van der Waals surface area contributed by atoms with Gasteiger partial charge in [0, 0.05) is 18.8 Å². The summed E-state index contributed by atoms with van der Waals surface area (Å²) >= 11 is 0. The van der Waals surface area contributed by atoms with Crippen LogP contribution in [0.1, 0.15) is 18.4 Å². The number of benzene rings is 1. The normalized spacial score (nSPS) is 20.8. The highest BCUT2D eigenvalue weighted by molar-refractivity contribution is 5.85. The molecule has 3 rings (SSSR count). The maximum absolute atomic E-state index is 11.3. The molecule has 2 aliphatic rings. The van der Waals surface area contributed by atoms with Crippen LogP contribution in [0, 0.1) is 0 Å². The number of piperazine rings is 1. The number of aliphatic carboxylic acids is 1. The first-order valence-corrected chi connectivity index (χ1v) is 6.47. The molecule has 0 aromatic heterocycles. The highest BCUT2D eigenvalue weighted by atomic mass is 16.4. The van der Waals surface area contributed by atoms with Gasteiger partial charge in [-0.15, -0.1) is 0 Å². The van der Waals surface area contributed by atoms with Crippen molar-refractivity contribution in [3.05, 3.63) is 29.8 Å². The number of anilines is 1. The summed E-state index contributed by atoms with van der Waals surface area (Å²) in [4.78, 5) is 24.6. The predicted octanol–water partition coefficient (Wildman–Crippen LogP) is 0.739. The largest absolute Gasteiger partial charge is 0.481 e. The second-order valence-electron chi connectivity index (χ2n) is 5.21. The highest BCUT2D eigenvalue weighted by Crippen LogP contribution is 2.48. The van der Waals surface area contributed by atoms with Crippen molar-refractivity contribution in [2.75, 3.05) is 24.5 Å². The monoisotopic (exact) mass is 260 g/mol. The minimum absolute atomic E-state index is 0.0273. The Labute approximate surface area is 111 Å². The fourth-order valence-corrected chi connectivity index (χ4v) is 2.60. The molecule has 100 valence electrons. The van der Waals surface area contributed by atoms with Crippen molar-refractivity contribution < 1.29 is 14.7 Å². The maximum Gasteiger partial charge on any atom is 0.314 e. The SMILES string of the molecule is O=C1CN(c2ccc(C3(C(=O)O)CC3)cc2)CCN1. The number of amides is 1. The van der Waals surface area contributed by atoms with Gasteiger partial charge in [-0.25, -0.2) is 0 Å². The molecule has 1 saturated carbocycles. The van der Waals surface area contributed by atoms with E-state index in [9.17, 15) is 14.7 Å². The van der Waals surface area contributed by atoms with E-state index in [1.165, 1.54) is 0 Å². The van der Waals surface area contributed by atoms with Gasteiger partial charge >= 0.3 is 5.97 Å². The Kier molecular flexibility index (Phi) is 2.69. The van der Waals surface area contributed by atoms with Gasteiger partial charge in [-0.2, -0.15) is 0 Å². The van der Waals surface area contributed by atoms with E-state index < -0.39 is 11.4 Å². The predicted molar refractivity (Wildman–Crippen MR) is 70.2 cm³/mol. The van der Waals surface area contributed by atoms with Crippen molar-refractivity contribution in [1.29, 1.82) is 0 Å². The van der Waals surface area contributed by atoms with E-state index in [1.54, 1.807) is 0 Å². The van der Waals surface area contributed by atoms with E-state index in [-0.39, 0.29) is 5.91 Å². The smallest absolute Gasteiger partial charge is 0.314 e. The van der Waals surface area contributed by atoms with Gasteiger partial charge in [0.2, 0.25) is 5.91 Å². The molecule has 0 atom stereocenters. The quantitative estimate of drug-likeness (QED) is 0.841. The zero-order valence-corrected chi connectivity index (χ0v) is 10.6. The standard InChI is InChI=1S/C14H16N2O3/c17-12-9-16(8-7-15-12)11-3-1-10(2-4-11)14(5-6-14)13(18)19/h1-4H,5-9H2,(H,15,17)(H,18,19). The number of nitrogens with zero attached hydrogens (tertiary/aromatic N) is 1. The zero-order chi connectivity index (χ0) is 13.5. The summed E-state index contributed by atoms with van der Waals surface area (Å²) in [6.45, 7) is 1.80. The van der Waals surface area contributed by atoms with Crippen LogP contribution in [0.2, 0.25) is 0 Å².